The van der Waals surface area contributed by atoms with Crippen molar-refractivity contribution in [2.45, 2.75) is 6.03 Å². The van der Waals surface area contributed by atoms with E-state index in [1.165, 1.54) is 22.3 Å². The van der Waals surface area contributed by atoms with E-state index < -0.39 is 6.03 Å². The topological polar surface area (TPSA) is 26.2 Å². The second-order valence-corrected chi connectivity index (χ2v) is 10.9. The molecule has 41 heavy (non-hydrogen) atoms. The number of aromatic nitrogens is 2. The molecule has 10 rings (SSSR count). The molecule has 0 atom stereocenters. The van der Waals surface area contributed by atoms with E-state index in [0.29, 0.717) is 0 Å². The van der Waals surface area contributed by atoms with Crippen LogP contribution < -0.4 is 18.6 Å². The molecule has 0 fully saturated rings. The monoisotopic (exact) mass is 526 g/mol. The van der Waals surface area contributed by atoms with Gasteiger partial charge in [-0.05, 0) is 56.7 Å². The van der Waals surface area contributed by atoms with Gasteiger partial charge in [-0.2, -0.15) is 0 Å². The van der Waals surface area contributed by atoms with E-state index in [4.69, 9.17) is 9.47 Å². The summed E-state index contributed by atoms with van der Waals surface area (Å²) in [5, 5.41) is 2.33. The Hall–Kier alpha value is -5.48. The van der Waals surface area contributed by atoms with Gasteiger partial charge in [0.05, 0.1) is 21.9 Å². The van der Waals surface area contributed by atoms with Crippen molar-refractivity contribution in [1.29, 1.82) is 0 Å². The highest BCUT2D eigenvalue weighted by Gasteiger charge is 2.72. The molecule has 0 amide bonds. The minimum atomic E-state index is -1.22. The van der Waals surface area contributed by atoms with E-state index in [0.717, 1.165) is 55.8 Å². The summed E-state index contributed by atoms with van der Waals surface area (Å²) in [6.07, 6.45) is 0. The number of ether oxygens (including phenoxy) is 2. The third-order valence-electron chi connectivity index (χ3n) is 8.77. The van der Waals surface area contributed by atoms with Crippen LogP contribution in [0.1, 0.15) is 0 Å². The maximum absolute atomic E-state index is 7.02. The third kappa shape index (κ3) is 2.56. The van der Waals surface area contributed by atoms with Gasteiger partial charge in [-0.15, -0.1) is 0 Å². The summed E-state index contributed by atoms with van der Waals surface area (Å²) < 4.78 is 18.6. The first-order chi connectivity index (χ1) is 20.3. The Morgan fingerprint density at radius 3 is 1.29 bits per heavy atom. The van der Waals surface area contributed by atoms with Gasteiger partial charge in [0.25, 0.3) is 0 Å². The molecule has 3 aliphatic rings. The molecule has 5 heterocycles. The van der Waals surface area contributed by atoms with Crippen molar-refractivity contribution in [2.75, 3.05) is 0 Å². The summed E-state index contributed by atoms with van der Waals surface area (Å²) in [6.45, 7) is 0. The Kier molecular flexibility index (Phi) is 3.84. The SMILES string of the molecule is c1ccc(-c2cc3[n+]4c5c2ccc2c(-c6ccccc6)cc6[n+](c25)C4(Oc2ccccc2-3)Oc2ccccc2-6)cc1. The molecule has 0 radical (unpaired) electrons. The molecule has 3 aliphatic heterocycles. The van der Waals surface area contributed by atoms with Gasteiger partial charge in [-0.25, -0.2) is 0 Å². The lowest BCUT2D eigenvalue weighted by atomic mass is 9.93. The van der Waals surface area contributed by atoms with E-state index in [1.54, 1.807) is 0 Å². The number of nitrogens with zero attached hydrogens (tertiary/aromatic N) is 2. The van der Waals surface area contributed by atoms with E-state index in [-0.39, 0.29) is 0 Å². The lowest BCUT2D eigenvalue weighted by molar-refractivity contribution is -1.03. The summed E-state index contributed by atoms with van der Waals surface area (Å²) in [5.74, 6) is 1.61. The van der Waals surface area contributed by atoms with Crippen molar-refractivity contribution in [2.24, 2.45) is 0 Å². The van der Waals surface area contributed by atoms with Gasteiger partial charge in [-0.3, -0.25) is 0 Å². The average molecular weight is 527 g/mol. The number of hydrogen-bond donors (Lipinski definition) is 0. The standard InChI is InChI=1S/C37H22N2O2/c1-3-11-23(12-4-1)29-21-31-27-15-7-9-17-33(27)40-37-38(31)35-25(29)19-20-26-30(24-13-5-2-6-14-24)22-32(39(37)36(26)35)28-16-8-10-18-34(28)41-37/h1-22H/q+2. The molecule has 190 valence electrons. The fourth-order valence-electron chi connectivity index (χ4n) is 7.09. The number of para-hydroxylation sites is 2. The highest BCUT2D eigenvalue weighted by Crippen LogP contribution is 2.49. The number of benzene rings is 5. The van der Waals surface area contributed by atoms with Gasteiger partial charge in [0, 0.05) is 23.3 Å². The molecular formula is C37H22N2O2+2. The first-order valence-corrected chi connectivity index (χ1v) is 13.9. The molecule has 7 aromatic rings. The van der Waals surface area contributed by atoms with E-state index in [1.807, 2.05) is 24.3 Å². The largest absolute Gasteiger partial charge is 0.716 e. The summed E-state index contributed by atoms with van der Waals surface area (Å²) in [5.41, 5.74) is 11.2. The molecule has 0 saturated heterocycles. The third-order valence-corrected chi connectivity index (χ3v) is 8.77. The van der Waals surface area contributed by atoms with Crippen LogP contribution in [0.3, 0.4) is 0 Å². The Morgan fingerprint density at radius 2 is 0.829 bits per heavy atom. The zero-order chi connectivity index (χ0) is 26.7. The van der Waals surface area contributed by atoms with E-state index in [2.05, 4.69) is 118 Å². The zero-order valence-electron chi connectivity index (χ0n) is 21.9. The molecule has 4 nitrogen and oxygen atoms in total. The normalized spacial score (nSPS) is 14.4. The Morgan fingerprint density at radius 1 is 0.415 bits per heavy atom. The summed E-state index contributed by atoms with van der Waals surface area (Å²) >= 11 is 0. The highest BCUT2D eigenvalue weighted by atomic mass is 16.7. The van der Waals surface area contributed by atoms with Crippen molar-refractivity contribution in [3.05, 3.63) is 133 Å². The molecule has 0 bridgehead atoms. The Balaban J connectivity index is 1.47. The number of hydrogen-bond acceptors (Lipinski definition) is 2. The van der Waals surface area contributed by atoms with Crippen molar-refractivity contribution in [3.8, 4) is 56.3 Å². The van der Waals surface area contributed by atoms with Crippen LogP contribution in [-0.2, 0) is 6.03 Å². The Labute approximate surface area is 235 Å². The van der Waals surface area contributed by atoms with Gasteiger partial charge in [-0.1, -0.05) is 84.9 Å². The van der Waals surface area contributed by atoms with Crippen molar-refractivity contribution in [1.82, 2.24) is 0 Å². The minimum absolute atomic E-state index is 0.803. The fraction of sp³-hybridized carbons (Fsp3) is 0.0270. The summed E-state index contributed by atoms with van der Waals surface area (Å²) in [4.78, 5) is 0. The van der Waals surface area contributed by atoms with Gasteiger partial charge >= 0.3 is 17.1 Å². The number of rotatable bonds is 2. The molecule has 0 aliphatic carbocycles. The molecule has 2 aromatic heterocycles. The van der Waals surface area contributed by atoms with E-state index >= 15 is 0 Å². The zero-order valence-corrected chi connectivity index (χ0v) is 21.9. The summed E-state index contributed by atoms with van der Waals surface area (Å²) in [7, 11) is 0. The predicted molar refractivity (Wildman–Crippen MR) is 158 cm³/mol. The second-order valence-electron chi connectivity index (χ2n) is 10.9. The lowest BCUT2D eigenvalue weighted by Gasteiger charge is -2.29. The van der Waals surface area contributed by atoms with Gasteiger partial charge in [0.1, 0.15) is 0 Å². The molecule has 0 N–H and O–H groups in total. The highest BCUT2D eigenvalue weighted by molar-refractivity contribution is 6.11. The van der Waals surface area contributed by atoms with Crippen LogP contribution in [-0.4, -0.2) is 0 Å². The van der Waals surface area contributed by atoms with Crippen LogP contribution in [0.4, 0.5) is 0 Å². The molecular weight excluding hydrogens is 504 g/mol. The molecule has 4 heteroatoms. The first-order valence-electron chi connectivity index (χ1n) is 13.9. The molecule has 5 aromatic carbocycles. The van der Waals surface area contributed by atoms with Crippen LogP contribution in [0.15, 0.2) is 133 Å². The van der Waals surface area contributed by atoms with E-state index in [9.17, 15) is 0 Å². The molecule has 0 saturated carbocycles. The van der Waals surface area contributed by atoms with Crippen LogP contribution in [0.25, 0.3) is 66.6 Å². The van der Waals surface area contributed by atoms with Crippen LogP contribution in [0, 0.1) is 0 Å². The number of pyridine rings is 2. The predicted octanol–water partition coefficient (Wildman–Crippen LogP) is 7.45. The van der Waals surface area contributed by atoms with Crippen LogP contribution in [0.2, 0.25) is 0 Å². The van der Waals surface area contributed by atoms with Crippen LogP contribution >= 0.6 is 0 Å². The van der Waals surface area contributed by atoms with Crippen LogP contribution in [0.5, 0.6) is 11.5 Å². The Bertz CT molecular complexity index is 2100. The molecule has 1 spiro atoms. The minimum Gasteiger partial charge on any atom is -0.340 e. The average Bonchev–Trinajstić information content (AvgIpc) is 3.34. The maximum atomic E-state index is 7.02. The van der Waals surface area contributed by atoms with Crippen molar-refractivity contribution >= 4 is 21.8 Å². The number of fused-ring (bicyclic) bond motifs is 4. The quantitative estimate of drug-likeness (QED) is 0.173. The summed E-state index contributed by atoms with van der Waals surface area (Å²) in [6, 6.07) is 45.8. The first kappa shape index (κ1) is 21.4. The van der Waals surface area contributed by atoms with Gasteiger partial charge in [0.15, 0.2) is 11.5 Å². The van der Waals surface area contributed by atoms with Crippen molar-refractivity contribution < 1.29 is 18.6 Å². The fourth-order valence-corrected chi connectivity index (χ4v) is 7.09. The lowest BCUT2D eigenvalue weighted by Crippen LogP contribution is -2.79. The van der Waals surface area contributed by atoms with Gasteiger partial charge in [0.2, 0.25) is 11.4 Å². The van der Waals surface area contributed by atoms with Gasteiger partial charge < -0.3 is 9.47 Å². The maximum Gasteiger partial charge on any atom is 0.716 e. The second kappa shape index (κ2) is 7.38. The smallest absolute Gasteiger partial charge is 0.340 e. The van der Waals surface area contributed by atoms with Crippen molar-refractivity contribution in [3.63, 3.8) is 0 Å². The molecule has 0 unspecified atom stereocenters.